The Kier molecular flexibility index (Phi) is 5.51. The molecule has 138 valence electrons. The van der Waals surface area contributed by atoms with Crippen molar-refractivity contribution in [2.75, 3.05) is 12.4 Å². The predicted molar refractivity (Wildman–Crippen MR) is 98.3 cm³/mol. The second-order valence-corrected chi connectivity index (χ2v) is 5.57. The largest absolute Gasteiger partial charge is 0.495 e. The van der Waals surface area contributed by atoms with Gasteiger partial charge in [-0.25, -0.2) is 4.39 Å². The number of methoxy groups -OCH3 is 1. The van der Waals surface area contributed by atoms with Gasteiger partial charge in [0.25, 0.3) is 11.5 Å². The number of carbonyl (C=O) groups excluding carboxylic acids is 1. The number of halogens is 1. The summed E-state index contributed by atoms with van der Waals surface area (Å²) in [6.45, 7) is -0.149. The molecule has 0 unspecified atom stereocenters. The number of hydrogen-bond acceptors (Lipinski definition) is 4. The van der Waals surface area contributed by atoms with Crippen molar-refractivity contribution >= 4 is 11.6 Å². The van der Waals surface area contributed by atoms with E-state index in [0.29, 0.717) is 17.0 Å². The number of nitrogens with one attached hydrogen (secondary N) is 1. The van der Waals surface area contributed by atoms with Gasteiger partial charge in [-0.3, -0.25) is 9.59 Å². The first kappa shape index (κ1) is 18.2. The molecule has 0 aliphatic rings. The fourth-order valence-corrected chi connectivity index (χ4v) is 2.44. The van der Waals surface area contributed by atoms with Gasteiger partial charge < -0.3 is 14.9 Å². The number of carbonyl (C=O) groups is 1. The van der Waals surface area contributed by atoms with Crippen LogP contribution in [0.3, 0.4) is 0 Å². The minimum atomic E-state index is -0.652. The van der Waals surface area contributed by atoms with Crippen molar-refractivity contribution in [2.45, 2.75) is 6.61 Å². The van der Waals surface area contributed by atoms with Crippen LogP contribution in [0.2, 0.25) is 0 Å². The first-order valence-corrected chi connectivity index (χ1v) is 8.13. The van der Waals surface area contributed by atoms with Gasteiger partial charge in [-0.2, -0.15) is 4.73 Å². The normalized spacial score (nSPS) is 10.3. The lowest BCUT2D eigenvalue weighted by molar-refractivity contribution is 0.0847. The topological polar surface area (TPSA) is 69.6 Å². The van der Waals surface area contributed by atoms with Crippen LogP contribution in [0.5, 0.6) is 5.75 Å². The van der Waals surface area contributed by atoms with Gasteiger partial charge in [-0.1, -0.05) is 30.3 Å². The predicted octanol–water partition coefficient (Wildman–Crippen LogP) is 2.88. The Hall–Kier alpha value is -3.61. The molecule has 0 saturated heterocycles. The Morgan fingerprint density at radius 2 is 1.81 bits per heavy atom. The summed E-state index contributed by atoms with van der Waals surface area (Å²) < 4.78 is 19.8. The van der Waals surface area contributed by atoms with Crippen LogP contribution in [0.1, 0.15) is 15.9 Å². The molecule has 0 saturated carbocycles. The van der Waals surface area contributed by atoms with E-state index >= 15 is 0 Å². The van der Waals surface area contributed by atoms with E-state index in [4.69, 9.17) is 9.57 Å². The number of pyridine rings is 1. The third-order valence-corrected chi connectivity index (χ3v) is 3.83. The molecule has 0 spiro atoms. The Morgan fingerprint density at radius 3 is 2.59 bits per heavy atom. The SMILES string of the molecule is COc1ccccc1NC(=O)c1cccn(OCc2ccccc2F)c1=O. The zero-order valence-electron chi connectivity index (χ0n) is 14.5. The molecule has 1 heterocycles. The molecule has 1 aromatic heterocycles. The lowest BCUT2D eigenvalue weighted by Gasteiger charge is -2.12. The summed E-state index contributed by atoms with van der Waals surface area (Å²) in [5, 5.41) is 2.64. The highest BCUT2D eigenvalue weighted by atomic mass is 19.1. The van der Waals surface area contributed by atoms with E-state index in [1.807, 2.05) is 0 Å². The van der Waals surface area contributed by atoms with Gasteiger partial charge in [0.15, 0.2) is 0 Å². The maximum Gasteiger partial charge on any atom is 0.295 e. The highest BCUT2D eigenvalue weighted by Gasteiger charge is 2.15. The molecule has 1 N–H and O–H groups in total. The molecule has 2 aromatic carbocycles. The third kappa shape index (κ3) is 4.14. The number of para-hydroxylation sites is 2. The number of benzene rings is 2. The molecule has 3 rings (SSSR count). The van der Waals surface area contributed by atoms with Gasteiger partial charge in [-0.15, -0.1) is 0 Å². The number of ether oxygens (including phenoxy) is 1. The lowest BCUT2D eigenvalue weighted by Crippen LogP contribution is -2.32. The third-order valence-electron chi connectivity index (χ3n) is 3.83. The molecule has 0 bridgehead atoms. The molecule has 0 radical (unpaired) electrons. The summed E-state index contributed by atoms with van der Waals surface area (Å²) in [6.07, 6.45) is 1.36. The van der Waals surface area contributed by atoms with Crippen LogP contribution in [0.4, 0.5) is 10.1 Å². The highest BCUT2D eigenvalue weighted by molar-refractivity contribution is 6.04. The number of hydrogen-bond donors (Lipinski definition) is 1. The fraction of sp³-hybridized carbons (Fsp3) is 0.100. The summed E-state index contributed by atoms with van der Waals surface area (Å²) in [5.41, 5.74) is -0.0291. The van der Waals surface area contributed by atoms with Gasteiger partial charge >= 0.3 is 0 Å². The maximum absolute atomic E-state index is 13.7. The summed E-state index contributed by atoms with van der Waals surface area (Å²) in [7, 11) is 1.48. The summed E-state index contributed by atoms with van der Waals surface area (Å²) in [6, 6.07) is 15.8. The number of aromatic nitrogens is 1. The highest BCUT2D eigenvalue weighted by Crippen LogP contribution is 2.23. The van der Waals surface area contributed by atoms with Gasteiger partial charge in [0, 0.05) is 11.8 Å². The molecular formula is C20H17FN2O4. The monoisotopic (exact) mass is 368 g/mol. The fourth-order valence-electron chi connectivity index (χ4n) is 2.44. The van der Waals surface area contributed by atoms with Crippen molar-refractivity contribution in [1.29, 1.82) is 0 Å². The number of anilines is 1. The number of rotatable bonds is 6. The van der Waals surface area contributed by atoms with E-state index in [1.165, 1.54) is 31.5 Å². The maximum atomic E-state index is 13.7. The van der Waals surface area contributed by atoms with E-state index in [0.717, 1.165) is 4.73 Å². The average Bonchev–Trinajstić information content (AvgIpc) is 2.68. The smallest absolute Gasteiger partial charge is 0.295 e. The van der Waals surface area contributed by atoms with E-state index in [9.17, 15) is 14.0 Å². The molecule has 7 heteroatoms. The zero-order valence-corrected chi connectivity index (χ0v) is 14.5. The van der Waals surface area contributed by atoms with E-state index in [1.54, 1.807) is 42.5 Å². The number of amides is 1. The molecular weight excluding hydrogens is 351 g/mol. The van der Waals surface area contributed by atoms with Crippen LogP contribution in [0.25, 0.3) is 0 Å². The van der Waals surface area contributed by atoms with Gasteiger partial charge in [0.1, 0.15) is 23.7 Å². The molecule has 0 aliphatic carbocycles. The number of nitrogens with zero attached hydrogens (tertiary/aromatic N) is 1. The van der Waals surface area contributed by atoms with E-state index in [-0.39, 0.29) is 12.2 Å². The van der Waals surface area contributed by atoms with Crippen LogP contribution in [-0.4, -0.2) is 17.7 Å². The Balaban J connectivity index is 1.79. The van der Waals surface area contributed by atoms with E-state index in [2.05, 4.69) is 5.32 Å². The minimum absolute atomic E-state index is 0.114. The quantitative estimate of drug-likeness (QED) is 0.726. The van der Waals surface area contributed by atoms with Crippen molar-refractivity contribution in [3.63, 3.8) is 0 Å². The Morgan fingerprint density at radius 1 is 1.07 bits per heavy atom. The van der Waals surface area contributed by atoms with Crippen molar-refractivity contribution in [3.8, 4) is 5.75 Å². The molecule has 0 aliphatic heterocycles. The molecule has 6 nitrogen and oxygen atoms in total. The Bertz CT molecular complexity index is 1020. The first-order valence-electron chi connectivity index (χ1n) is 8.13. The summed E-state index contributed by atoms with van der Waals surface area (Å²) >= 11 is 0. The molecule has 0 fully saturated rings. The van der Waals surface area contributed by atoms with Crippen LogP contribution < -0.4 is 20.5 Å². The molecule has 27 heavy (non-hydrogen) atoms. The second-order valence-electron chi connectivity index (χ2n) is 5.57. The first-order chi connectivity index (χ1) is 13.1. The molecule has 0 atom stereocenters. The zero-order chi connectivity index (χ0) is 19.2. The van der Waals surface area contributed by atoms with Crippen LogP contribution in [-0.2, 0) is 6.61 Å². The minimum Gasteiger partial charge on any atom is -0.495 e. The Labute approximate surface area is 154 Å². The lowest BCUT2D eigenvalue weighted by atomic mass is 10.2. The van der Waals surface area contributed by atoms with E-state index < -0.39 is 17.3 Å². The second kappa shape index (κ2) is 8.18. The van der Waals surface area contributed by atoms with Gasteiger partial charge in [0.2, 0.25) is 0 Å². The molecule has 1 amide bonds. The average molecular weight is 368 g/mol. The van der Waals surface area contributed by atoms with Gasteiger partial charge in [0.05, 0.1) is 12.8 Å². The van der Waals surface area contributed by atoms with Crippen LogP contribution in [0, 0.1) is 5.82 Å². The van der Waals surface area contributed by atoms with Crippen molar-refractivity contribution in [2.24, 2.45) is 0 Å². The summed E-state index contributed by atoms with van der Waals surface area (Å²) in [5.74, 6) is -0.568. The summed E-state index contributed by atoms with van der Waals surface area (Å²) in [4.78, 5) is 30.4. The van der Waals surface area contributed by atoms with Crippen LogP contribution >= 0.6 is 0 Å². The van der Waals surface area contributed by atoms with Crippen molar-refractivity contribution in [1.82, 2.24) is 4.73 Å². The molecule has 3 aromatic rings. The van der Waals surface area contributed by atoms with Crippen LogP contribution in [0.15, 0.2) is 71.7 Å². The van der Waals surface area contributed by atoms with Crippen molar-refractivity contribution < 1.29 is 18.8 Å². The van der Waals surface area contributed by atoms with Crippen molar-refractivity contribution in [3.05, 3.63) is 94.2 Å². The standard InChI is InChI=1S/C20H17FN2O4/c1-26-18-11-5-4-10-17(18)22-19(24)15-8-6-12-23(20(15)25)27-13-14-7-2-3-9-16(14)21/h2-12H,13H2,1H3,(H,22,24). The van der Waals surface area contributed by atoms with Gasteiger partial charge in [-0.05, 0) is 30.3 Å².